The van der Waals surface area contributed by atoms with Gasteiger partial charge in [0, 0.05) is 6.07 Å². The molecule has 2 rings (SSSR count). The number of hydrogen-bond acceptors (Lipinski definition) is 5. The average molecular weight is 295 g/mol. The number of rotatable bonds is 4. The van der Waals surface area contributed by atoms with Crippen molar-refractivity contribution in [3.63, 3.8) is 0 Å². The molecule has 0 spiro atoms. The first-order valence-corrected chi connectivity index (χ1v) is 7.03. The molecule has 0 radical (unpaired) electrons. The Balaban J connectivity index is 2.27. The van der Waals surface area contributed by atoms with E-state index in [1.807, 2.05) is 0 Å². The minimum Gasteiger partial charge on any atom is -0.361 e. The summed E-state index contributed by atoms with van der Waals surface area (Å²) in [6.45, 7) is 1.56. The van der Waals surface area contributed by atoms with E-state index in [0.717, 1.165) is 12.1 Å². The highest BCUT2D eigenvalue weighted by Crippen LogP contribution is 2.18. The minimum absolute atomic E-state index is 0.110. The highest BCUT2D eigenvalue weighted by molar-refractivity contribution is 7.89. The first-order valence-electron chi connectivity index (χ1n) is 5.54. The highest BCUT2D eigenvalue weighted by atomic mass is 32.2. The Morgan fingerprint density at radius 1 is 1.50 bits per heavy atom. The van der Waals surface area contributed by atoms with E-state index in [-0.39, 0.29) is 6.54 Å². The quantitative estimate of drug-likeness (QED) is 0.921. The van der Waals surface area contributed by atoms with Crippen LogP contribution in [-0.4, -0.2) is 13.6 Å². The summed E-state index contributed by atoms with van der Waals surface area (Å²) >= 11 is 0. The van der Waals surface area contributed by atoms with Crippen molar-refractivity contribution in [2.45, 2.75) is 18.4 Å². The first kappa shape index (κ1) is 14.2. The number of aromatic nitrogens is 1. The van der Waals surface area contributed by atoms with Crippen molar-refractivity contribution in [2.24, 2.45) is 0 Å². The fraction of sp³-hybridized carbons (Fsp3) is 0.167. The predicted octanol–water partition coefficient (Wildman–Crippen LogP) is 1.47. The Labute approximate surface area is 114 Å². The number of nitrogens with zero attached hydrogens (tertiary/aromatic N) is 2. The standard InChI is InChI=1S/C12H10FN3O3S/c1-8-5-9(16-19-8)7-15-20(17,18)12-4-2-3-11(13)10(12)6-14/h2-5,15H,7H2,1H3. The van der Waals surface area contributed by atoms with Crippen molar-refractivity contribution >= 4 is 10.0 Å². The normalized spacial score (nSPS) is 11.2. The van der Waals surface area contributed by atoms with Crippen LogP contribution in [0, 0.1) is 24.1 Å². The summed E-state index contributed by atoms with van der Waals surface area (Å²) < 4.78 is 44.6. The van der Waals surface area contributed by atoms with Crippen molar-refractivity contribution in [3.8, 4) is 6.07 Å². The number of halogens is 1. The van der Waals surface area contributed by atoms with Gasteiger partial charge in [0.2, 0.25) is 10.0 Å². The molecule has 6 nitrogen and oxygen atoms in total. The van der Waals surface area contributed by atoms with Gasteiger partial charge < -0.3 is 4.52 Å². The summed E-state index contributed by atoms with van der Waals surface area (Å²) in [6.07, 6.45) is 0. The number of benzene rings is 1. The van der Waals surface area contributed by atoms with Gasteiger partial charge in [-0.25, -0.2) is 17.5 Å². The molecule has 0 saturated heterocycles. The molecule has 0 aliphatic rings. The van der Waals surface area contributed by atoms with Crippen LogP contribution >= 0.6 is 0 Å². The van der Waals surface area contributed by atoms with Crippen molar-refractivity contribution in [3.05, 3.63) is 47.1 Å². The second kappa shape index (κ2) is 5.40. The van der Waals surface area contributed by atoms with Gasteiger partial charge in [-0.1, -0.05) is 11.2 Å². The number of aryl methyl sites for hydroxylation is 1. The lowest BCUT2D eigenvalue weighted by Crippen LogP contribution is -2.24. The summed E-state index contributed by atoms with van der Waals surface area (Å²) in [5.74, 6) is -0.338. The van der Waals surface area contributed by atoms with Gasteiger partial charge in [-0.15, -0.1) is 0 Å². The molecule has 1 N–H and O–H groups in total. The maximum Gasteiger partial charge on any atom is 0.242 e. The summed E-state index contributed by atoms with van der Waals surface area (Å²) in [5, 5.41) is 12.5. The van der Waals surface area contributed by atoms with Crippen molar-refractivity contribution < 1.29 is 17.3 Å². The van der Waals surface area contributed by atoms with Crippen LogP contribution in [0.25, 0.3) is 0 Å². The van der Waals surface area contributed by atoms with Gasteiger partial charge in [0.25, 0.3) is 0 Å². The summed E-state index contributed by atoms with van der Waals surface area (Å²) in [7, 11) is -4.01. The fourth-order valence-corrected chi connectivity index (χ4v) is 2.75. The Hall–Kier alpha value is -2.24. The lowest BCUT2D eigenvalue weighted by Gasteiger charge is -2.07. The molecule has 0 fully saturated rings. The molecule has 1 heterocycles. The van der Waals surface area contributed by atoms with E-state index in [4.69, 9.17) is 9.78 Å². The van der Waals surface area contributed by atoms with Crippen LogP contribution in [0.3, 0.4) is 0 Å². The zero-order chi connectivity index (χ0) is 14.8. The van der Waals surface area contributed by atoms with Crippen LogP contribution in [0.15, 0.2) is 33.7 Å². The van der Waals surface area contributed by atoms with E-state index < -0.39 is 26.3 Å². The first-order chi connectivity index (χ1) is 9.44. The van der Waals surface area contributed by atoms with E-state index in [9.17, 15) is 12.8 Å². The van der Waals surface area contributed by atoms with Gasteiger partial charge in [-0.05, 0) is 19.1 Å². The van der Waals surface area contributed by atoms with Gasteiger partial charge in [0.05, 0.1) is 12.2 Å². The second-order valence-corrected chi connectivity index (χ2v) is 5.71. The third kappa shape index (κ3) is 2.84. The van der Waals surface area contributed by atoms with Gasteiger partial charge in [-0.3, -0.25) is 0 Å². The second-order valence-electron chi connectivity index (χ2n) is 3.98. The average Bonchev–Trinajstić information content (AvgIpc) is 2.82. The molecule has 0 amide bonds. The minimum atomic E-state index is -4.01. The SMILES string of the molecule is Cc1cc(CNS(=O)(=O)c2cccc(F)c2C#N)no1. The maximum atomic E-state index is 13.4. The Morgan fingerprint density at radius 3 is 2.85 bits per heavy atom. The number of sulfonamides is 1. The van der Waals surface area contributed by atoms with Gasteiger partial charge >= 0.3 is 0 Å². The Morgan fingerprint density at radius 2 is 2.25 bits per heavy atom. The van der Waals surface area contributed by atoms with Crippen LogP contribution in [0.1, 0.15) is 17.0 Å². The van der Waals surface area contributed by atoms with E-state index in [1.165, 1.54) is 6.07 Å². The van der Waals surface area contributed by atoms with Crippen molar-refractivity contribution in [2.75, 3.05) is 0 Å². The molecule has 0 bridgehead atoms. The van der Waals surface area contributed by atoms with Gasteiger partial charge in [-0.2, -0.15) is 5.26 Å². The summed E-state index contributed by atoms with van der Waals surface area (Å²) in [4.78, 5) is -0.403. The fourth-order valence-electron chi connectivity index (χ4n) is 1.58. The van der Waals surface area contributed by atoms with E-state index in [0.29, 0.717) is 11.5 Å². The maximum absolute atomic E-state index is 13.4. The monoisotopic (exact) mass is 295 g/mol. The Kier molecular flexibility index (Phi) is 3.83. The highest BCUT2D eigenvalue weighted by Gasteiger charge is 2.21. The van der Waals surface area contributed by atoms with E-state index in [1.54, 1.807) is 19.1 Å². The van der Waals surface area contributed by atoms with Gasteiger partial charge in [0.1, 0.15) is 28.1 Å². The topological polar surface area (TPSA) is 96.0 Å². The van der Waals surface area contributed by atoms with Gasteiger partial charge in [0.15, 0.2) is 0 Å². The number of nitriles is 1. The zero-order valence-corrected chi connectivity index (χ0v) is 11.2. The predicted molar refractivity (Wildman–Crippen MR) is 66.4 cm³/mol. The molecule has 0 aliphatic heterocycles. The molecule has 1 aromatic carbocycles. The van der Waals surface area contributed by atoms with Crippen LogP contribution in [0.5, 0.6) is 0 Å². The molecule has 0 saturated carbocycles. The van der Waals surface area contributed by atoms with E-state index >= 15 is 0 Å². The Bertz CT molecular complexity index is 777. The molecule has 0 aliphatic carbocycles. The van der Waals surface area contributed by atoms with Crippen LogP contribution in [-0.2, 0) is 16.6 Å². The molecule has 0 unspecified atom stereocenters. The third-order valence-electron chi connectivity index (χ3n) is 2.50. The van der Waals surface area contributed by atoms with Crippen LogP contribution in [0.4, 0.5) is 4.39 Å². The lowest BCUT2D eigenvalue weighted by molar-refractivity contribution is 0.390. The summed E-state index contributed by atoms with van der Waals surface area (Å²) in [5.41, 5.74) is -0.127. The molecule has 20 heavy (non-hydrogen) atoms. The molecule has 0 atom stereocenters. The molecular weight excluding hydrogens is 285 g/mol. The number of hydrogen-bond donors (Lipinski definition) is 1. The molecule has 2 aromatic rings. The molecule has 1 aromatic heterocycles. The van der Waals surface area contributed by atoms with Crippen LogP contribution < -0.4 is 4.72 Å². The zero-order valence-electron chi connectivity index (χ0n) is 10.4. The lowest BCUT2D eigenvalue weighted by atomic mass is 10.2. The van der Waals surface area contributed by atoms with Crippen LogP contribution in [0.2, 0.25) is 0 Å². The third-order valence-corrected chi connectivity index (χ3v) is 3.94. The summed E-state index contributed by atoms with van der Waals surface area (Å²) in [6, 6.07) is 6.53. The largest absolute Gasteiger partial charge is 0.361 e. The number of nitrogens with one attached hydrogen (secondary N) is 1. The smallest absolute Gasteiger partial charge is 0.242 e. The van der Waals surface area contributed by atoms with E-state index in [2.05, 4.69) is 9.88 Å². The molecule has 8 heteroatoms. The molecule has 104 valence electrons. The van der Waals surface area contributed by atoms with Crippen molar-refractivity contribution in [1.29, 1.82) is 5.26 Å². The molecular formula is C12H10FN3O3S. The van der Waals surface area contributed by atoms with Crippen molar-refractivity contribution in [1.82, 2.24) is 9.88 Å².